The summed E-state index contributed by atoms with van der Waals surface area (Å²) >= 11 is 0. The van der Waals surface area contributed by atoms with Crippen molar-refractivity contribution in [3.05, 3.63) is 95.1 Å². The summed E-state index contributed by atoms with van der Waals surface area (Å²) < 4.78 is 26.6. The number of esters is 1. The number of carbonyl (C=O) groups is 2. The summed E-state index contributed by atoms with van der Waals surface area (Å²) in [6, 6.07) is 20.5. The lowest BCUT2D eigenvalue weighted by Gasteiger charge is -2.29. The maximum absolute atomic E-state index is 13.6. The third-order valence-corrected chi connectivity index (χ3v) is 7.85. The second-order valence-electron chi connectivity index (χ2n) is 10.4. The lowest BCUT2D eigenvalue weighted by atomic mass is 9.77. The van der Waals surface area contributed by atoms with Crippen LogP contribution in [0.25, 0.3) is 12.2 Å². The van der Waals surface area contributed by atoms with E-state index < -0.39 is 18.5 Å². The molecule has 3 aromatic rings. The maximum Gasteiger partial charge on any atom is 0.331 e. The van der Waals surface area contributed by atoms with E-state index in [2.05, 4.69) is 6.08 Å². The van der Waals surface area contributed by atoms with Crippen molar-refractivity contribution in [3.63, 3.8) is 0 Å². The molecule has 1 aliphatic heterocycles. The Hall–Kier alpha value is -5.05. The third kappa shape index (κ3) is 6.78. The molecule has 1 aliphatic carbocycles. The van der Waals surface area contributed by atoms with Crippen molar-refractivity contribution in [1.82, 2.24) is 5.01 Å². The Bertz CT molecular complexity index is 1580. The van der Waals surface area contributed by atoms with Crippen molar-refractivity contribution in [2.75, 3.05) is 35.0 Å². The van der Waals surface area contributed by atoms with Crippen LogP contribution in [0.2, 0.25) is 0 Å². The normalized spacial score (nSPS) is 18.5. The number of benzene rings is 3. The monoisotopic (exact) mass is 596 g/mol. The number of fused-ring (bicyclic) bond motifs is 1. The predicted octanol–water partition coefficient (Wildman–Crippen LogP) is 6.10. The molecule has 0 saturated heterocycles. The molecule has 0 radical (unpaired) electrons. The molecule has 9 nitrogen and oxygen atoms in total. The summed E-state index contributed by atoms with van der Waals surface area (Å²) in [4.78, 5) is 26.2. The molecule has 0 aromatic heterocycles. The number of hydrogen-bond acceptors (Lipinski definition) is 8. The fourth-order valence-corrected chi connectivity index (χ4v) is 5.60. The van der Waals surface area contributed by atoms with E-state index in [1.165, 1.54) is 18.2 Å². The topological polar surface area (TPSA) is 95.9 Å². The van der Waals surface area contributed by atoms with Gasteiger partial charge in [-0.1, -0.05) is 24.3 Å². The van der Waals surface area contributed by atoms with Crippen molar-refractivity contribution < 1.29 is 33.3 Å². The first-order chi connectivity index (χ1) is 21.4. The molecule has 2 aliphatic rings. The van der Waals surface area contributed by atoms with Gasteiger partial charge in [-0.3, -0.25) is 4.79 Å². The molecular formula is C35H36N2O7. The van der Waals surface area contributed by atoms with Gasteiger partial charge in [-0.25, -0.2) is 9.80 Å². The zero-order valence-electron chi connectivity index (χ0n) is 25.3. The minimum absolute atomic E-state index is 0.00345. The van der Waals surface area contributed by atoms with Crippen molar-refractivity contribution in [2.24, 2.45) is 11.0 Å². The van der Waals surface area contributed by atoms with E-state index in [1.807, 2.05) is 48.5 Å². The number of carbonyl (C=O) groups excluding carboxylic acids is 2. The maximum atomic E-state index is 13.6. The van der Waals surface area contributed by atoms with Gasteiger partial charge in [0.2, 0.25) is 0 Å². The van der Waals surface area contributed by atoms with Crippen LogP contribution in [-0.4, -0.2) is 57.6 Å². The fourth-order valence-electron chi connectivity index (χ4n) is 5.60. The number of allylic oxidation sites excluding steroid dienone is 1. The van der Waals surface area contributed by atoms with Crippen LogP contribution in [0, 0.1) is 5.92 Å². The Labute approximate surface area is 257 Å². The summed E-state index contributed by atoms with van der Waals surface area (Å²) in [5.41, 5.74) is 4.62. The van der Waals surface area contributed by atoms with Crippen molar-refractivity contribution in [1.29, 1.82) is 0 Å². The van der Waals surface area contributed by atoms with Crippen LogP contribution < -0.4 is 18.9 Å². The van der Waals surface area contributed by atoms with E-state index in [1.54, 1.807) is 45.6 Å². The summed E-state index contributed by atoms with van der Waals surface area (Å²) in [6.07, 6.45) is 7.67. The molecule has 1 fully saturated rings. The van der Waals surface area contributed by atoms with E-state index >= 15 is 0 Å². The van der Waals surface area contributed by atoms with E-state index in [0.717, 1.165) is 53.2 Å². The van der Waals surface area contributed by atoms with Crippen LogP contribution in [0.3, 0.4) is 0 Å². The molecular weight excluding hydrogens is 560 g/mol. The van der Waals surface area contributed by atoms with Crippen molar-refractivity contribution >= 4 is 29.7 Å². The molecule has 5 rings (SSSR count). The van der Waals surface area contributed by atoms with E-state index in [4.69, 9.17) is 28.8 Å². The number of rotatable bonds is 10. The fraction of sp³-hybridized carbons (Fsp3) is 0.286. The standard InChI is InChI=1S/C35H36N2O7/c1-40-27-14-8-23(9-15-27)20-26-6-5-7-30-34(26)36-37(35(30)25-11-16-28(41-2)17-12-25)32(38)22-44-33(39)19-13-24-10-18-29(42-3)21-31(24)43-4/h8-21,30,35H,5-7,22H2,1-4H3/b19-13+,26-20-/t30-,35+/m1/s1. The summed E-state index contributed by atoms with van der Waals surface area (Å²) in [5, 5.41) is 6.36. The van der Waals surface area contributed by atoms with Gasteiger partial charge in [-0.05, 0) is 84.5 Å². The number of methoxy groups -OCH3 is 4. The largest absolute Gasteiger partial charge is 0.497 e. The predicted molar refractivity (Wildman–Crippen MR) is 168 cm³/mol. The zero-order valence-corrected chi connectivity index (χ0v) is 25.3. The van der Waals surface area contributed by atoms with Crippen LogP contribution in [0.1, 0.15) is 42.0 Å². The van der Waals surface area contributed by atoms with Crippen LogP contribution in [0.5, 0.6) is 23.0 Å². The molecule has 0 N–H and O–H groups in total. The molecule has 44 heavy (non-hydrogen) atoms. The van der Waals surface area contributed by atoms with E-state index in [-0.39, 0.29) is 12.0 Å². The van der Waals surface area contributed by atoms with Gasteiger partial charge in [0, 0.05) is 23.6 Å². The molecule has 0 bridgehead atoms. The van der Waals surface area contributed by atoms with E-state index in [0.29, 0.717) is 17.1 Å². The minimum atomic E-state index is -0.651. The van der Waals surface area contributed by atoms with Gasteiger partial charge in [0.1, 0.15) is 23.0 Å². The number of amides is 1. The van der Waals surface area contributed by atoms with Gasteiger partial charge in [0.05, 0.1) is 40.2 Å². The Kier molecular flexibility index (Phi) is 9.64. The van der Waals surface area contributed by atoms with Crippen LogP contribution in [0.15, 0.2) is 83.5 Å². The first-order valence-corrected chi connectivity index (χ1v) is 14.4. The summed E-state index contributed by atoms with van der Waals surface area (Å²) in [6.45, 7) is -0.448. The molecule has 1 amide bonds. The Morgan fingerprint density at radius 2 is 1.52 bits per heavy atom. The number of hydrazone groups is 1. The smallest absolute Gasteiger partial charge is 0.331 e. The van der Waals surface area contributed by atoms with Crippen LogP contribution in [-0.2, 0) is 14.3 Å². The third-order valence-electron chi connectivity index (χ3n) is 7.85. The number of nitrogens with zero attached hydrogens (tertiary/aromatic N) is 2. The molecule has 1 heterocycles. The highest BCUT2D eigenvalue weighted by molar-refractivity contribution is 6.08. The average molecular weight is 597 g/mol. The Morgan fingerprint density at radius 1 is 0.864 bits per heavy atom. The Morgan fingerprint density at radius 3 is 2.18 bits per heavy atom. The van der Waals surface area contributed by atoms with Crippen LogP contribution >= 0.6 is 0 Å². The second kappa shape index (κ2) is 13.9. The lowest BCUT2D eigenvalue weighted by Crippen LogP contribution is -2.34. The molecule has 9 heteroatoms. The Balaban J connectivity index is 1.36. The SMILES string of the molecule is COc1ccc(/C=C2/CCC[C@@H]3C2=NN(C(=O)COC(=O)/C=C/c2ccc(OC)cc2OC)[C@H]3c2ccc(OC)cc2)cc1. The highest BCUT2D eigenvalue weighted by Crippen LogP contribution is 2.44. The molecule has 1 saturated carbocycles. The van der Waals surface area contributed by atoms with Gasteiger partial charge >= 0.3 is 5.97 Å². The lowest BCUT2D eigenvalue weighted by molar-refractivity contribution is -0.149. The average Bonchev–Trinajstić information content (AvgIpc) is 3.47. The van der Waals surface area contributed by atoms with Crippen molar-refractivity contribution in [2.45, 2.75) is 25.3 Å². The molecule has 0 unspecified atom stereocenters. The minimum Gasteiger partial charge on any atom is -0.497 e. The second-order valence-corrected chi connectivity index (χ2v) is 10.4. The quantitative estimate of drug-likeness (QED) is 0.206. The van der Waals surface area contributed by atoms with Gasteiger partial charge < -0.3 is 23.7 Å². The highest BCUT2D eigenvalue weighted by atomic mass is 16.5. The number of hydrogen-bond donors (Lipinski definition) is 0. The molecule has 228 valence electrons. The highest BCUT2D eigenvalue weighted by Gasteiger charge is 2.43. The first kappa shape index (κ1) is 30.4. The summed E-state index contributed by atoms with van der Waals surface area (Å²) in [7, 11) is 6.36. The van der Waals surface area contributed by atoms with Gasteiger partial charge in [0.15, 0.2) is 6.61 Å². The van der Waals surface area contributed by atoms with Gasteiger partial charge in [-0.15, -0.1) is 0 Å². The van der Waals surface area contributed by atoms with E-state index in [9.17, 15) is 9.59 Å². The molecule has 2 atom stereocenters. The zero-order chi connectivity index (χ0) is 31.1. The van der Waals surface area contributed by atoms with Gasteiger partial charge in [0.25, 0.3) is 5.91 Å². The number of ether oxygens (including phenoxy) is 5. The first-order valence-electron chi connectivity index (χ1n) is 14.4. The molecule has 3 aromatic carbocycles. The molecule has 0 spiro atoms. The van der Waals surface area contributed by atoms with Crippen molar-refractivity contribution in [3.8, 4) is 23.0 Å². The van der Waals surface area contributed by atoms with Crippen LogP contribution in [0.4, 0.5) is 0 Å². The summed E-state index contributed by atoms with van der Waals surface area (Å²) in [5.74, 6) is 1.64. The van der Waals surface area contributed by atoms with Gasteiger partial charge in [-0.2, -0.15) is 5.10 Å².